The molecule has 6 heteroatoms. The maximum atomic E-state index is 12.7. The van der Waals surface area contributed by atoms with Gasteiger partial charge in [0.2, 0.25) is 0 Å². The van der Waals surface area contributed by atoms with Crippen LogP contribution in [-0.4, -0.2) is 22.4 Å². The Balaban J connectivity index is 1.50. The summed E-state index contributed by atoms with van der Waals surface area (Å²) in [4.78, 5) is 30.1. The molecule has 0 saturated heterocycles. The van der Waals surface area contributed by atoms with E-state index in [-0.39, 0.29) is 11.3 Å². The number of fused-ring (bicyclic) bond motifs is 1. The molecule has 3 aromatic carbocycles. The van der Waals surface area contributed by atoms with E-state index in [1.165, 1.54) is 11.8 Å². The second-order valence-electron chi connectivity index (χ2n) is 7.27. The Bertz CT molecular complexity index is 1310. The number of rotatable bonds is 6. The highest BCUT2D eigenvalue weighted by Crippen LogP contribution is 2.23. The molecule has 0 fully saturated rings. The number of hydrogen-bond donors (Lipinski definition) is 0. The lowest BCUT2D eigenvalue weighted by atomic mass is 10.0. The second-order valence-corrected chi connectivity index (χ2v) is 8.21. The van der Waals surface area contributed by atoms with Crippen LogP contribution in [-0.2, 0) is 12.8 Å². The van der Waals surface area contributed by atoms with Gasteiger partial charge < -0.3 is 4.74 Å². The number of thioether (sulfide) groups is 1. The highest BCUT2D eigenvalue weighted by atomic mass is 32.2. The number of ketones is 1. The summed E-state index contributed by atoms with van der Waals surface area (Å²) < 4.78 is 6.74. The van der Waals surface area contributed by atoms with Gasteiger partial charge in [-0.25, -0.2) is 4.98 Å². The minimum atomic E-state index is -0.0361. The molecule has 0 radical (unpaired) electrons. The lowest BCUT2D eigenvalue weighted by Gasteiger charge is -2.10. The van der Waals surface area contributed by atoms with Gasteiger partial charge in [-0.15, -0.1) is 0 Å². The standard InChI is InChI=1S/C25H22N2O3S/c1-16-5-4-6-21-22(16)24(29)27(2)25(26-21)31-15-17-7-9-18(10-8-17)23(28)19-11-13-20(30-3)14-12-19/h4-14H,15H2,1-3H3. The van der Waals surface area contributed by atoms with Crippen LogP contribution < -0.4 is 10.3 Å². The van der Waals surface area contributed by atoms with Gasteiger partial charge in [-0.05, 0) is 48.4 Å². The van der Waals surface area contributed by atoms with Crippen LogP contribution in [0, 0.1) is 6.92 Å². The Morgan fingerprint density at radius 2 is 1.65 bits per heavy atom. The molecular formula is C25H22N2O3S. The van der Waals surface area contributed by atoms with Crippen LogP contribution in [0.3, 0.4) is 0 Å². The maximum absolute atomic E-state index is 12.7. The molecule has 0 atom stereocenters. The number of aryl methyl sites for hydroxylation is 1. The zero-order valence-electron chi connectivity index (χ0n) is 17.6. The molecule has 4 rings (SSSR count). The van der Waals surface area contributed by atoms with Crippen LogP contribution in [0.15, 0.2) is 76.7 Å². The number of methoxy groups -OCH3 is 1. The lowest BCUT2D eigenvalue weighted by Crippen LogP contribution is -2.20. The third kappa shape index (κ3) is 4.25. The van der Waals surface area contributed by atoms with Crippen LogP contribution in [0.25, 0.3) is 10.9 Å². The van der Waals surface area contributed by atoms with Crippen molar-refractivity contribution >= 4 is 28.4 Å². The van der Waals surface area contributed by atoms with Gasteiger partial charge in [-0.3, -0.25) is 14.2 Å². The number of hydrogen-bond acceptors (Lipinski definition) is 5. The molecule has 0 saturated carbocycles. The van der Waals surface area contributed by atoms with Gasteiger partial charge in [0.15, 0.2) is 10.9 Å². The summed E-state index contributed by atoms with van der Waals surface area (Å²) in [5, 5.41) is 1.33. The van der Waals surface area contributed by atoms with Gasteiger partial charge in [0.25, 0.3) is 5.56 Å². The second kappa shape index (κ2) is 8.78. The van der Waals surface area contributed by atoms with E-state index in [2.05, 4.69) is 4.98 Å². The number of carbonyl (C=O) groups is 1. The fourth-order valence-electron chi connectivity index (χ4n) is 3.39. The molecule has 0 amide bonds. The molecule has 4 aromatic rings. The summed E-state index contributed by atoms with van der Waals surface area (Å²) in [7, 11) is 3.35. The molecule has 0 aliphatic heterocycles. The van der Waals surface area contributed by atoms with E-state index >= 15 is 0 Å². The molecule has 0 N–H and O–H groups in total. The van der Waals surface area contributed by atoms with Crippen molar-refractivity contribution in [1.29, 1.82) is 0 Å². The van der Waals surface area contributed by atoms with Crippen molar-refractivity contribution < 1.29 is 9.53 Å². The zero-order valence-corrected chi connectivity index (χ0v) is 18.4. The van der Waals surface area contributed by atoms with Crippen LogP contribution >= 0.6 is 11.8 Å². The summed E-state index contributed by atoms with van der Waals surface area (Å²) in [6.45, 7) is 1.92. The van der Waals surface area contributed by atoms with Crippen molar-refractivity contribution in [3.05, 3.63) is 99.3 Å². The van der Waals surface area contributed by atoms with Crippen LogP contribution in [0.1, 0.15) is 27.0 Å². The zero-order chi connectivity index (χ0) is 22.0. The summed E-state index contributed by atoms with van der Waals surface area (Å²) in [6, 6.07) is 20.3. The number of ether oxygens (including phenoxy) is 1. The Labute approximate surface area is 184 Å². The predicted molar refractivity (Wildman–Crippen MR) is 124 cm³/mol. The fraction of sp³-hybridized carbons (Fsp3) is 0.160. The molecule has 0 aliphatic carbocycles. The van der Waals surface area contributed by atoms with E-state index in [0.717, 1.165) is 16.9 Å². The number of aromatic nitrogens is 2. The van der Waals surface area contributed by atoms with Gasteiger partial charge in [-0.2, -0.15) is 0 Å². The first-order valence-corrected chi connectivity index (χ1v) is 10.8. The first kappa shape index (κ1) is 20.9. The van der Waals surface area contributed by atoms with E-state index in [0.29, 0.717) is 32.9 Å². The topological polar surface area (TPSA) is 61.2 Å². The quantitative estimate of drug-likeness (QED) is 0.250. The van der Waals surface area contributed by atoms with Gasteiger partial charge in [0.05, 0.1) is 18.0 Å². The van der Waals surface area contributed by atoms with E-state index in [1.54, 1.807) is 43.0 Å². The van der Waals surface area contributed by atoms with Crippen LogP contribution in [0.5, 0.6) is 5.75 Å². The third-order valence-electron chi connectivity index (χ3n) is 5.21. The first-order valence-electron chi connectivity index (χ1n) is 9.85. The van der Waals surface area contributed by atoms with Gasteiger partial charge in [0, 0.05) is 23.9 Å². The van der Waals surface area contributed by atoms with Crippen molar-refractivity contribution in [2.45, 2.75) is 17.8 Å². The van der Waals surface area contributed by atoms with Crippen LogP contribution in [0.2, 0.25) is 0 Å². The number of benzene rings is 3. The molecule has 0 bridgehead atoms. The Kier molecular flexibility index (Phi) is 5.91. The average molecular weight is 431 g/mol. The number of nitrogens with zero attached hydrogens (tertiary/aromatic N) is 2. The van der Waals surface area contributed by atoms with E-state index in [1.807, 2.05) is 49.4 Å². The summed E-state index contributed by atoms with van der Waals surface area (Å²) >= 11 is 1.50. The highest BCUT2D eigenvalue weighted by molar-refractivity contribution is 7.98. The Morgan fingerprint density at radius 1 is 1.00 bits per heavy atom. The fourth-order valence-corrected chi connectivity index (χ4v) is 4.32. The van der Waals surface area contributed by atoms with Crippen molar-refractivity contribution in [1.82, 2.24) is 9.55 Å². The lowest BCUT2D eigenvalue weighted by molar-refractivity contribution is 0.103. The summed E-state index contributed by atoms with van der Waals surface area (Å²) in [5.74, 6) is 1.33. The minimum absolute atomic E-state index is 0.0316. The van der Waals surface area contributed by atoms with E-state index in [9.17, 15) is 9.59 Å². The molecule has 0 spiro atoms. The molecule has 31 heavy (non-hydrogen) atoms. The highest BCUT2D eigenvalue weighted by Gasteiger charge is 2.12. The smallest absolute Gasteiger partial charge is 0.262 e. The van der Waals surface area contributed by atoms with Gasteiger partial charge in [0.1, 0.15) is 5.75 Å². The maximum Gasteiger partial charge on any atom is 0.262 e. The summed E-state index contributed by atoms with van der Waals surface area (Å²) in [6.07, 6.45) is 0. The SMILES string of the molecule is COc1ccc(C(=O)c2ccc(CSc3nc4cccc(C)c4c(=O)n3C)cc2)cc1. The van der Waals surface area contributed by atoms with Crippen molar-refractivity contribution in [2.24, 2.45) is 7.05 Å². The summed E-state index contributed by atoms with van der Waals surface area (Å²) in [5.41, 5.74) is 3.91. The Morgan fingerprint density at radius 3 is 2.29 bits per heavy atom. The van der Waals surface area contributed by atoms with Crippen molar-refractivity contribution in [3.63, 3.8) is 0 Å². The number of carbonyl (C=O) groups excluding carboxylic acids is 1. The van der Waals surface area contributed by atoms with Gasteiger partial charge in [-0.1, -0.05) is 48.2 Å². The molecule has 0 aliphatic rings. The largest absolute Gasteiger partial charge is 0.497 e. The van der Waals surface area contributed by atoms with E-state index < -0.39 is 0 Å². The molecule has 5 nitrogen and oxygen atoms in total. The molecule has 1 heterocycles. The molecule has 0 unspecified atom stereocenters. The predicted octanol–water partition coefficient (Wildman–Crippen LogP) is 4.77. The van der Waals surface area contributed by atoms with Crippen molar-refractivity contribution in [2.75, 3.05) is 7.11 Å². The average Bonchev–Trinajstić information content (AvgIpc) is 2.80. The molecule has 1 aromatic heterocycles. The Hall–Kier alpha value is -3.38. The molecular weight excluding hydrogens is 408 g/mol. The van der Waals surface area contributed by atoms with Crippen LogP contribution in [0.4, 0.5) is 0 Å². The third-order valence-corrected chi connectivity index (χ3v) is 6.31. The van der Waals surface area contributed by atoms with Crippen molar-refractivity contribution in [3.8, 4) is 5.75 Å². The minimum Gasteiger partial charge on any atom is -0.497 e. The first-order chi connectivity index (χ1) is 15.0. The monoisotopic (exact) mass is 430 g/mol. The molecule has 156 valence electrons. The normalized spacial score (nSPS) is 10.9. The van der Waals surface area contributed by atoms with E-state index in [4.69, 9.17) is 4.74 Å². The van der Waals surface area contributed by atoms with Gasteiger partial charge >= 0.3 is 0 Å².